The highest BCUT2D eigenvalue weighted by atomic mass is 19.1. The van der Waals surface area contributed by atoms with E-state index in [2.05, 4.69) is 4.90 Å². The molecule has 0 spiro atoms. The van der Waals surface area contributed by atoms with E-state index in [-0.39, 0.29) is 18.2 Å². The van der Waals surface area contributed by atoms with Gasteiger partial charge in [-0.2, -0.15) is 0 Å². The lowest BCUT2D eigenvalue weighted by Crippen LogP contribution is -2.52. The van der Waals surface area contributed by atoms with Crippen LogP contribution in [0.1, 0.15) is 5.56 Å². The van der Waals surface area contributed by atoms with E-state index in [0.717, 1.165) is 11.4 Å². The molecule has 8 heteroatoms. The molecule has 3 aromatic rings. The standard InChI is InChI=1S/C28H26FN3O4/c1-35-24-11-4-2-9-22(24)30-13-15-31(16-14-30)27(33)19-32-23-10-3-5-12-25(23)36-26(28(32)34)18-20-7-6-8-21(29)17-20/h2-12,17-18H,13-16,19H2,1H3/b26-18+. The van der Waals surface area contributed by atoms with E-state index in [0.29, 0.717) is 43.2 Å². The zero-order chi connectivity index (χ0) is 25.1. The van der Waals surface area contributed by atoms with Gasteiger partial charge in [-0.3, -0.25) is 14.5 Å². The molecule has 2 aliphatic heterocycles. The number of hydrogen-bond donors (Lipinski definition) is 0. The second kappa shape index (κ2) is 10.1. The molecule has 0 aromatic heterocycles. The van der Waals surface area contributed by atoms with Crippen LogP contribution in [0.4, 0.5) is 15.8 Å². The highest BCUT2D eigenvalue weighted by Gasteiger charge is 2.33. The van der Waals surface area contributed by atoms with Crippen molar-refractivity contribution >= 4 is 29.3 Å². The van der Waals surface area contributed by atoms with E-state index in [1.807, 2.05) is 24.3 Å². The fourth-order valence-electron chi connectivity index (χ4n) is 4.49. The number of benzene rings is 3. The number of halogens is 1. The van der Waals surface area contributed by atoms with Crippen molar-refractivity contribution in [3.63, 3.8) is 0 Å². The molecule has 2 amide bonds. The van der Waals surface area contributed by atoms with Crippen LogP contribution in [0.25, 0.3) is 6.08 Å². The molecule has 0 atom stereocenters. The molecule has 7 nitrogen and oxygen atoms in total. The molecule has 0 bridgehead atoms. The minimum atomic E-state index is -0.445. The van der Waals surface area contributed by atoms with Crippen LogP contribution in [0.2, 0.25) is 0 Å². The molecule has 0 N–H and O–H groups in total. The van der Waals surface area contributed by atoms with Crippen LogP contribution in [0.3, 0.4) is 0 Å². The predicted octanol–water partition coefficient (Wildman–Crippen LogP) is 3.95. The van der Waals surface area contributed by atoms with Gasteiger partial charge in [-0.1, -0.05) is 36.4 Å². The van der Waals surface area contributed by atoms with E-state index < -0.39 is 11.7 Å². The van der Waals surface area contributed by atoms with Gasteiger partial charge < -0.3 is 19.3 Å². The van der Waals surface area contributed by atoms with Crippen molar-refractivity contribution in [2.24, 2.45) is 0 Å². The quantitative estimate of drug-likeness (QED) is 0.510. The van der Waals surface area contributed by atoms with Gasteiger partial charge in [-0.05, 0) is 48.0 Å². The Hall–Kier alpha value is -4.33. The third-order valence-electron chi connectivity index (χ3n) is 6.33. The first-order valence-corrected chi connectivity index (χ1v) is 11.8. The van der Waals surface area contributed by atoms with E-state index in [9.17, 15) is 14.0 Å². The molecule has 5 rings (SSSR count). The molecule has 1 saturated heterocycles. The number of piperazine rings is 1. The summed E-state index contributed by atoms with van der Waals surface area (Å²) in [5, 5.41) is 0. The SMILES string of the molecule is COc1ccccc1N1CCN(C(=O)CN2C(=O)/C(=C\c3cccc(F)c3)Oc3ccccc32)CC1. The second-order valence-electron chi connectivity index (χ2n) is 8.56. The molecule has 0 saturated carbocycles. The van der Waals surface area contributed by atoms with Crippen LogP contribution in [-0.2, 0) is 9.59 Å². The maximum absolute atomic E-state index is 13.7. The van der Waals surface area contributed by atoms with Gasteiger partial charge >= 0.3 is 0 Å². The molecule has 2 heterocycles. The number of para-hydroxylation sites is 4. The van der Waals surface area contributed by atoms with E-state index in [4.69, 9.17) is 9.47 Å². The highest BCUT2D eigenvalue weighted by molar-refractivity contribution is 6.12. The molecule has 0 unspecified atom stereocenters. The number of amides is 2. The molecule has 0 aliphatic carbocycles. The van der Waals surface area contributed by atoms with Crippen LogP contribution >= 0.6 is 0 Å². The number of hydrogen-bond acceptors (Lipinski definition) is 5. The average molecular weight is 488 g/mol. The van der Waals surface area contributed by atoms with Gasteiger partial charge in [-0.25, -0.2) is 4.39 Å². The van der Waals surface area contributed by atoms with Gasteiger partial charge in [0.05, 0.1) is 18.5 Å². The Balaban J connectivity index is 1.32. The first-order chi connectivity index (χ1) is 17.5. The number of ether oxygens (including phenoxy) is 2. The summed E-state index contributed by atoms with van der Waals surface area (Å²) in [5.41, 5.74) is 2.02. The fourth-order valence-corrected chi connectivity index (χ4v) is 4.49. The minimum absolute atomic E-state index is 0.0353. The van der Waals surface area contributed by atoms with Gasteiger partial charge in [0.1, 0.15) is 18.1 Å². The Kier molecular flexibility index (Phi) is 6.58. The maximum atomic E-state index is 13.7. The Morgan fingerprint density at radius 1 is 0.972 bits per heavy atom. The minimum Gasteiger partial charge on any atom is -0.495 e. The molecular formula is C28H26FN3O4. The number of nitrogens with zero attached hydrogens (tertiary/aromatic N) is 3. The summed E-state index contributed by atoms with van der Waals surface area (Å²) in [6, 6.07) is 20.8. The largest absolute Gasteiger partial charge is 0.495 e. The molecule has 184 valence electrons. The summed E-state index contributed by atoms with van der Waals surface area (Å²) in [6.45, 7) is 2.26. The van der Waals surface area contributed by atoms with Crippen molar-refractivity contribution in [3.05, 3.63) is 89.9 Å². The molecule has 2 aliphatic rings. The van der Waals surface area contributed by atoms with Crippen LogP contribution in [0.5, 0.6) is 11.5 Å². The number of carbonyl (C=O) groups excluding carboxylic acids is 2. The number of rotatable bonds is 5. The molecule has 36 heavy (non-hydrogen) atoms. The zero-order valence-corrected chi connectivity index (χ0v) is 19.9. The summed E-state index contributed by atoms with van der Waals surface area (Å²) in [7, 11) is 1.65. The van der Waals surface area contributed by atoms with Crippen LogP contribution in [-0.4, -0.2) is 56.5 Å². The summed E-state index contributed by atoms with van der Waals surface area (Å²) in [5.74, 6) is 0.295. The number of fused-ring (bicyclic) bond motifs is 1. The molecule has 0 radical (unpaired) electrons. The maximum Gasteiger partial charge on any atom is 0.294 e. The van der Waals surface area contributed by atoms with Crippen molar-refractivity contribution < 1.29 is 23.5 Å². The smallest absolute Gasteiger partial charge is 0.294 e. The highest BCUT2D eigenvalue weighted by Crippen LogP contribution is 2.36. The summed E-state index contributed by atoms with van der Waals surface area (Å²) in [4.78, 5) is 32.0. The van der Waals surface area contributed by atoms with E-state index in [1.165, 1.54) is 23.1 Å². The van der Waals surface area contributed by atoms with Crippen molar-refractivity contribution in [1.82, 2.24) is 4.90 Å². The van der Waals surface area contributed by atoms with E-state index in [1.54, 1.807) is 48.4 Å². The zero-order valence-electron chi connectivity index (χ0n) is 19.9. The van der Waals surface area contributed by atoms with Crippen molar-refractivity contribution in [3.8, 4) is 11.5 Å². The topological polar surface area (TPSA) is 62.3 Å². The normalized spacial score (nSPS) is 16.6. The summed E-state index contributed by atoms with van der Waals surface area (Å²) < 4.78 is 25.0. The number of methoxy groups -OCH3 is 1. The van der Waals surface area contributed by atoms with Gasteiger partial charge in [0.15, 0.2) is 11.5 Å². The van der Waals surface area contributed by atoms with Gasteiger partial charge in [-0.15, -0.1) is 0 Å². The summed E-state index contributed by atoms with van der Waals surface area (Å²) in [6.07, 6.45) is 1.49. The Morgan fingerprint density at radius 2 is 1.69 bits per heavy atom. The lowest BCUT2D eigenvalue weighted by Gasteiger charge is -2.38. The Bertz CT molecular complexity index is 1320. The summed E-state index contributed by atoms with van der Waals surface area (Å²) >= 11 is 0. The lowest BCUT2D eigenvalue weighted by atomic mass is 10.1. The molecule has 3 aromatic carbocycles. The Morgan fingerprint density at radius 3 is 2.44 bits per heavy atom. The predicted molar refractivity (Wildman–Crippen MR) is 136 cm³/mol. The van der Waals surface area contributed by atoms with E-state index >= 15 is 0 Å². The second-order valence-corrected chi connectivity index (χ2v) is 8.56. The fraction of sp³-hybridized carbons (Fsp3) is 0.214. The first-order valence-electron chi connectivity index (χ1n) is 11.8. The third-order valence-corrected chi connectivity index (χ3v) is 6.33. The Labute approximate surface area is 208 Å². The van der Waals surface area contributed by atoms with Crippen LogP contribution < -0.4 is 19.3 Å². The molecule has 1 fully saturated rings. The average Bonchev–Trinajstić information content (AvgIpc) is 2.91. The lowest BCUT2D eigenvalue weighted by molar-refractivity contribution is -0.131. The number of anilines is 2. The third kappa shape index (κ3) is 4.75. The van der Waals surface area contributed by atoms with Crippen LogP contribution in [0, 0.1) is 5.82 Å². The van der Waals surface area contributed by atoms with Crippen molar-refractivity contribution in [2.75, 3.05) is 49.6 Å². The van der Waals surface area contributed by atoms with Gasteiger partial charge in [0, 0.05) is 26.2 Å². The monoisotopic (exact) mass is 487 g/mol. The van der Waals surface area contributed by atoms with Crippen molar-refractivity contribution in [1.29, 1.82) is 0 Å². The first kappa shape index (κ1) is 23.4. The van der Waals surface area contributed by atoms with Crippen LogP contribution in [0.15, 0.2) is 78.6 Å². The van der Waals surface area contributed by atoms with Gasteiger partial charge in [0.2, 0.25) is 5.91 Å². The van der Waals surface area contributed by atoms with Crippen molar-refractivity contribution in [2.45, 2.75) is 0 Å². The molecular weight excluding hydrogens is 461 g/mol. The number of carbonyl (C=O) groups is 2. The van der Waals surface area contributed by atoms with Gasteiger partial charge in [0.25, 0.3) is 5.91 Å².